The maximum atomic E-state index is 12.5. The van der Waals surface area contributed by atoms with E-state index in [2.05, 4.69) is 0 Å². The summed E-state index contributed by atoms with van der Waals surface area (Å²) in [6.07, 6.45) is 1.75. The van der Waals surface area contributed by atoms with Crippen molar-refractivity contribution < 1.29 is 9.59 Å². The highest BCUT2D eigenvalue weighted by Gasteiger charge is 2.28. The van der Waals surface area contributed by atoms with Gasteiger partial charge in [-0.3, -0.25) is 9.59 Å². The first-order valence-corrected chi connectivity index (χ1v) is 8.82. The molecular weight excluding hydrogens is 348 g/mol. The molecule has 138 valence electrons. The first-order valence-electron chi connectivity index (χ1n) is 8.82. The van der Waals surface area contributed by atoms with Gasteiger partial charge < -0.3 is 10.6 Å². The zero-order chi connectivity index (χ0) is 17.6. The topological polar surface area (TPSA) is 63.4 Å². The molecule has 2 aromatic carbocycles. The van der Waals surface area contributed by atoms with Gasteiger partial charge in [-0.15, -0.1) is 12.4 Å². The van der Waals surface area contributed by atoms with Gasteiger partial charge in [0.15, 0.2) is 5.78 Å². The van der Waals surface area contributed by atoms with Gasteiger partial charge in [-0.05, 0) is 18.4 Å². The summed E-state index contributed by atoms with van der Waals surface area (Å²) in [5.74, 6) is 0.268. The molecule has 1 fully saturated rings. The van der Waals surface area contributed by atoms with Crippen molar-refractivity contribution in [3.63, 3.8) is 0 Å². The Balaban J connectivity index is 0.00000243. The SMILES string of the molecule is Cl.NC(CC(=O)N1CCC(C(=O)c2ccccc2)CC1)c1ccccc1. The van der Waals surface area contributed by atoms with Gasteiger partial charge in [0.25, 0.3) is 0 Å². The highest BCUT2D eigenvalue weighted by atomic mass is 35.5. The quantitative estimate of drug-likeness (QED) is 0.815. The minimum atomic E-state index is -0.280. The number of rotatable bonds is 5. The van der Waals surface area contributed by atoms with Gasteiger partial charge in [0, 0.05) is 37.0 Å². The van der Waals surface area contributed by atoms with Crippen LogP contribution in [0.15, 0.2) is 60.7 Å². The number of carbonyl (C=O) groups excluding carboxylic acids is 2. The smallest absolute Gasteiger partial charge is 0.224 e. The molecule has 0 saturated carbocycles. The van der Waals surface area contributed by atoms with E-state index in [-0.39, 0.29) is 36.1 Å². The van der Waals surface area contributed by atoms with Gasteiger partial charge in [-0.25, -0.2) is 0 Å². The third-order valence-corrected chi connectivity index (χ3v) is 4.90. The lowest BCUT2D eigenvalue weighted by Gasteiger charge is -2.32. The Morgan fingerprint density at radius 1 is 0.962 bits per heavy atom. The van der Waals surface area contributed by atoms with E-state index < -0.39 is 0 Å². The Kier molecular flexibility index (Phi) is 7.37. The summed E-state index contributed by atoms with van der Waals surface area (Å²) >= 11 is 0. The van der Waals surface area contributed by atoms with Crippen molar-refractivity contribution in [3.8, 4) is 0 Å². The van der Waals surface area contributed by atoms with Crippen molar-refractivity contribution in [3.05, 3.63) is 71.8 Å². The Bertz CT molecular complexity index is 713. The molecule has 0 radical (unpaired) electrons. The number of benzene rings is 2. The first-order chi connectivity index (χ1) is 12.1. The van der Waals surface area contributed by atoms with Crippen molar-refractivity contribution in [2.45, 2.75) is 25.3 Å². The Morgan fingerprint density at radius 3 is 2.08 bits per heavy atom. The molecule has 1 heterocycles. The average Bonchev–Trinajstić information content (AvgIpc) is 2.69. The fourth-order valence-electron chi connectivity index (χ4n) is 3.36. The fourth-order valence-corrected chi connectivity index (χ4v) is 3.36. The van der Waals surface area contributed by atoms with E-state index in [4.69, 9.17) is 5.73 Å². The number of likely N-dealkylation sites (tertiary alicyclic amines) is 1. The summed E-state index contributed by atoms with van der Waals surface area (Å²) in [6.45, 7) is 1.26. The Morgan fingerprint density at radius 2 is 1.50 bits per heavy atom. The normalized spacial score (nSPS) is 15.8. The van der Waals surface area contributed by atoms with Crippen LogP contribution in [0.4, 0.5) is 0 Å². The molecule has 1 amide bonds. The number of halogens is 1. The predicted octanol–water partition coefficient (Wildman–Crippen LogP) is 3.62. The zero-order valence-corrected chi connectivity index (χ0v) is 15.5. The lowest BCUT2D eigenvalue weighted by atomic mass is 9.88. The van der Waals surface area contributed by atoms with Crippen LogP contribution >= 0.6 is 12.4 Å². The molecule has 0 aliphatic carbocycles. The standard InChI is InChI=1S/C21H24N2O2.ClH/c22-19(16-7-3-1-4-8-16)15-20(24)23-13-11-18(12-14-23)21(25)17-9-5-2-6-10-17;/h1-10,18-19H,11-15,22H2;1H. The van der Waals surface area contributed by atoms with E-state index in [0.717, 1.165) is 24.0 Å². The molecule has 0 aromatic heterocycles. The maximum Gasteiger partial charge on any atom is 0.224 e. The molecule has 0 spiro atoms. The van der Waals surface area contributed by atoms with Gasteiger partial charge in [0.2, 0.25) is 5.91 Å². The molecule has 1 saturated heterocycles. The number of piperidine rings is 1. The average molecular weight is 373 g/mol. The molecule has 0 bridgehead atoms. The molecule has 2 aromatic rings. The summed E-state index contributed by atoms with van der Waals surface area (Å²) in [7, 11) is 0. The molecule has 1 atom stereocenters. The van der Waals surface area contributed by atoms with E-state index in [0.29, 0.717) is 19.5 Å². The van der Waals surface area contributed by atoms with Crippen LogP contribution in [-0.4, -0.2) is 29.7 Å². The summed E-state index contributed by atoms with van der Waals surface area (Å²) in [5.41, 5.74) is 7.89. The van der Waals surface area contributed by atoms with Crippen LogP contribution < -0.4 is 5.73 Å². The summed E-state index contributed by atoms with van der Waals surface area (Å²) in [4.78, 5) is 26.8. The second kappa shape index (κ2) is 9.51. The minimum absolute atomic E-state index is 0. The third-order valence-electron chi connectivity index (χ3n) is 4.90. The number of hydrogen-bond acceptors (Lipinski definition) is 3. The number of nitrogens with two attached hydrogens (primary N) is 1. The van der Waals surface area contributed by atoms with Crippen LogP contribution in [-0.2, 0) is 4.79 Å². The number of ketones is 1. The number of amides is 1. The van der Waals surface area contributed by atoms with Crippen molar-refractivity contribution in [2.75, 3.05) is 13.1 Å². The van der Waals surface area contributed by atoms with Crippen molar-refractivity contribution >= 4 is 24.1 Å². The number of carbonyl (C=O) groups is 2. The van der Waals surface area contributed by atoms with Gasteiger partial charge in [-0.1, -0.05) is 60.7 Å². The van der Waals surface area contributed by atoms with Crippen LogP contribution in [0.25, 0.3) is 0 Å². The molecule has 3 rings (SSSR count). The minimum Gasteiger partial charge on any atom is -0.343 e. The molecule has 1 aliphatic heterocycles. The Hall–Kier alpha value is -2.17. The van der Waals surface area contributed by atoms with Crippen LogP contribution in [0.5, 0.6) is 0 Å². The highest BCUT2D eigenvalue weighted by Crippen LogP contribution is 2.23. The first kappa shape index (κ1) is 20.1. The fraction of sp³-hybridized carbons (Fsp3) is 0.333. The largest absolute Gasteiger partial charge is 0.343 e. The summed E-state index contributed by atoms with van der Waals surface area (Å²) < 4.78 is 0. The van der Waals surface area contributed by atoms with Crippen LogP contribution in [0.1, 0.15) is 41.2 Å². The molecule has 4 nitrogen and oxygen atoms in total. The van der Waals surface area contributed by atoms with Crippen LogP contribution in [0, 0.1) is 5.92 Å². The van der Waals surface area contributed by atoms with Gasteiger partial charge in [0.1, 0.15) is 0 Å². The van der Waals surface area contributed by atoms with Crippen molar-refractivity contribution in [2.24, 2.45) is 11.7 Å². The lowest BCUT2D eigenvalue weighted by molar-refractivity contribution is -0.132. The van der Waals surface area contributed by atoms with Crippen molar-refractivity contribution in [1.82, 2.24) is 4.90 Å². The Labute approximate surface area is 160 Å². The summed E-state index contributed by atoms with van der Waals surface area (Å²) in [5, 5.41) is 0. The van der Waals surface area contributed by atoms with E-state index in [1.165, 1.54) is 0 Å². The zero-order valence-electron chi connectivity index (χ0n) is 14.7. The number of hydrogen-bond donors (Lipinski definition) is 1. The molecule has 2 N–H and O–H groups in total. The molecule has 1 unspecified atom stereocenters. The predicted molar refractivity (Wildman–Crippen MR) is 105 cm³/mol. The highest BCUT2D eigenvalue weighted by molar-refractivity contribution is 5.98. The van der Waals surface area contributed by atoms with E-state index in [1.54, 1.807) is 0 Å². The van der Waals surface area contributed by atoms with Gasteiger partial charge in [-0.2, -0.15) is 0 Å². The maximum absolute atomic E-state index is 12.5. The third kappa shape index (κ3) is 4.93. The second-order valence-corrected chi connectivity index (χ2v) is 6.61. The monoisotopic (exact) mass is 372 g/mol. The summed E-state index contributed by atoms with van der Waals surface area (Å²) in [6, 6.07) is 18.8. The van der Waals surface area contributed by atoms with Gasteiger partial charge in [0.05, 0.1) is 0 Å². The molecule has 5 heteroatoms. The molecule has 1 aliphatic rings. The number of nitrogens with zero attached hydrogens (tertiary/aromatic N) is 1. The second-order valence-electron chi connectivity index (χ2n) is 6.61. The van der Waals surface area contributed by atoms with E-state index in [1.807, 2.05) is 65.6 Å². The lowest BCUT2D eigenvalue weighted by Crippen LogP contribution is -2.41. The van der Waals surface area contributed by atoms with Gasteiger partial charge >= 0.3 is 0 Å². The van der Waals surface area contributed by atoms with Crippen LogP contribution in [0.3, 0.4) is 0 Å². The van der Waals surface area contributed by atoms with Crippen molar-refractivity contribution in [1.29, 1.82) is 0 Å². The molecule has 26 heavy (non-hydrogen) atoms. The molecular formula is C21H25ClN2O2. The number of Topliss-reactive ketones (excluding diaryl/α,β-unsaturated/α-hetero) is 1. The van der Waals surface area contributed by atoms with E-state index >= 15 is 0 Å². The van der Waals surface area contributed by atoms with E-state index in [9.17, 15) is 9.59 Å². The van der Waals surface area contributed by atoms with Crippen LogP contribution in [0.2, 0.25) is 0 Å².